The van der Waals surface area contributed by atoms with Gasteiger partial charge in [-0.2, -0.15) is 0 Å². The van der Waals surface area contributed by atoms with Gasteiger partial charge in [-0.3, -0.25) is 4.79 Å². The predicted octanol–water partition coefficient (Wildman–Crippen LogP) is 2.93. The first-order valence-corrected chi connectivity index (χ1v) is 5.48. The average Bonchev–Trinajstić information content (AvgIpc) is 2.08. The van der Waals surface area contributed by atoms with Crippen LogP contribution >= 0.6 is 11.6 Å². The maximum absolute atomic E-state index is 11.6. The molecule has 0 fully saturated rings. The van der Waals surface area contributed by atoms with E-state index in [2.05, 4.69) is 4.98 Å². The molecule has 1 aromatic rings. The summed E-state index contributed by atoms with van der Waals surface area (Å²) in [6.45, 7) is 7.41. The minimum Gasteiger partial charge on any atom is -0.460 e. The van der Waals surface area contributed by atoms with E-state index in [1.54, 1.807) is 6.20 Å². The number of rotatable bonds is 2. The maximum atomic E-state index is 11.6. The summed E-state index contributed by atoms with van der Waals surface area (Å²) >= 11 is 5.89. The first-order chi connectivity index (χ1) is 7.28. The van der Waals surface area contributed by atoms with Gasteiger partial charge in [0, 0.05) is 11.8 Å². The molecule has 1 heterocycles. The van der Waals surface area contributed by atoms with Crippen molar-refractivity contribution in [1.29, 1.82) is 0 Å². The lowest BCUT2D eigenvalue weighted by molar-refractivity contribution is -0.153. The average molecular weight is 242 g/mol. The van der Waals surface area contributed by atoms with E-state index in [1.807, 2.05) is 33.8 Å². The Morgan fingerprint density at radius 2 is 2.12 bits per heavy atom. The van der Waals surface area contributed by atoms with E-state index in [0.717, 1.165) is 5.56 Å². The van der Waals surface area contributed by atoms with Crippen LogP contribution in [0.15, 0.2) is 12.3 Å². The van der Waals surface area contributed by atoms with Crippen LogP contribution in [-0.4, -0.2) is 16.6 Å². The number of aryl methyl sites for hydroxylation is 1. The van der Waals surface area contributed by atoms with Crippen molar-refractivity contribution >= 4 is 17.6 Å². The number of nitrogens with zero attached hydrogens (tertiary/aromatic N) is 1. The minimum absolute atomic E-state index is 0.158. The molecule has 16 heavy (non-hydrogen) atoms. The number of aromatic nitrogens is 1. The number of hydrogen-bond donors (Lipinski definition) is 0. The van der Waals surface area contributed by atoms with Gasteiger partial charge in [0.15, 0.2) is 0 Å². The molecular formula is C12H16ClNO2. The number of hydrogen-bond acceptors (Lipinski definition) is 3. The van der Waals surface area contributed by atoms with Crippen LogP contribution in [0.4, 0.5) is 0 Å². The number of esters is 1. The van der Waals surface area contributed by atoms with Gasteiger partial charge < -0.3 is 4.74 Å². The Morgan fingerprint density at radius 3 is 2.69 bits per heavy atom. The molecule has 88 valence electrons. The van der Waals surface area contributed by atoms with Crippen molar-refractivity contribution < 1.29 is 9.53 Å². The molecule has 0 aliphatic rings. The summed E-state index contributed by atoms with van der Waals surface area (Å²) in [6.07, 6.45) is 1.83. The van der Waals surface area contributed by atoms with Crippen molar-refractivity contribution in [1.82, 2.24) is 4.98 Å². The predicted molar refractivity (Wildman–Crippen MR) is 63.5 cm³/mol. The van der Waals surface area contributed by atoms with Crippen molar-refractivity contribution in [2.75, 3.05) is 0 Å². The second kappa shape index (κ2) is 4.83. The first-order valence-electron chi connectivity index (χ1n) is 5.11. The molecule has 0 unspecified atom stereocenters. The Kier molecular flexibility index (Phi) is 3.92. The van der Waals surface area contributed by atoms with E-state index in [9.17, 15) is 4.79 Å². The normalized spacial score (nSPS) is 11.3. The number of ether oxygens (including phenoxy) is 1. The lowest BCUT2D eigenvalue weighted by atomic mass is 10.1. The molecule has 0 bridgehead atoms. The SMILES string of the molecule is Cc1cnc(Cl)c(CC(=O)OC(C)(C)C)c1. The summed E-state index contributed by atoms with van der Waals surface area (Å²) in [6, 6.07) is 1.85. The highest BCUT2D eigenvalue weighted by atomic mass is 35.5. The second-order valence-electron chi connectivity index (χ2n) is 4.73. The lowest BCUT2D eigenvalue weighted by Gasteiger charge is -2.19. The molecule has 0 radical (unpaired) electrons. The molecule has 1 rings (SSSR count). The fourth-order valence-corrected chi connectivity index (χ4v) is 1.44. The van der Waals surface area contributed by atoms with Crippen molar-refractivity contribution in [3.8, 4) is 0 Å². The van der Waals surface area contributed by atoms with Crippen LogP contribution in [0.3, 0.4) is 0 Å². The summed E-state index contributed by atoms with van der Waals surface area (Å²) < 4.78 is 5.21. The first kappa shape index (κ1) is 13.0. The third kappa shape index (κ3) is 4.19. The zero-order chi connectivity index (χ0) is 12.3. The molecule has 4 heteroatoms. The van der Waals surface area contributed by atoms with Gasteiger partial charge in [-0.15, -0.1) is 0 Å². The van der Waals surface area contributed by atoms with Gasteiger partial charge in [0.25, 0.3) is 0 Å². The highest BCUT2D eigenvalue weighted by Crippen LogP contribution is 2.16. The molecule has 3 nitrogen and oxygen atoms in total. The molecule has 0 saturated carbocycles. The van der Waals surface area contributed by atoms with Crippen LogP contribution in [0.5, 0.6) is 0 Å². The minimum atomic E-state index is -0.471. The Hall–Kier alpha value is -1.09. The van der Waals surface area contributed by atoms with Gasteiger partial charge in [0.2, 0.25) is 0 Å². The van der Waals surface area contributed by atoms with E-state index in [0.29, 0.717) is 10.7 Å². The van der Waals surface area contributed by atoms with Crippen molar-refractivity contribution in [3.05, 3.63) is 28.5 Å². The van der Waals surface area contributed by atoms with Gasteiger partial charge in [-0.05, 0) is 33.3 Å². The van der Waals surface area contributed by atoms with Crippen molar-refractivity contribution in [3.63, 3.8) is 0 Å². The summed E-state index contributed by atoms with van der Waals surface area (Å²) in [7, 11) is 0. The number of pyridine rings is 1. The fourth-order valence-electron chi connectivity index (χ4n) is 1.27. The maximum Gasteiger partial charge on any atom is 0.310 e. The lowest BCUT2D eigenvalue weighted by Crippen LogP contribution is -2.25. The summed E-state index contributed by atoms with van der Waals surface area (Å²) in [5.41, 5.74) is 1.21. The highest BCUT2D eigenvalue weighted by molar-refractivity contribution is 6.30. The van der Waals surface area contributed by atoms with Crippen LogP contribution in [-0.2, 0) is 16.0 Å². The van der Waals surface area contributed by atoms with Gasteiger partial charge in [0.1, 0.15) is 10.8 Å². The fraction of sp³-hybridized carbons (Fsp3) is 0.500. The third-order valence-electron chi connectivity index (χ3n) is 1.80. The molecule has 0 N–H and O–H groups in total. The smallest absolute Gasteiger partial charge is 0.310 e. The monoisotopic (exact) mass is 241 g/mol. The second-order valence-corrected chi connectivity index (χ2v) is 5.08. The van der Waals surface area contributed by atoms with E-state index in [1.165, 1.54) is 0 Å². The largest absolute Gasteiger partial charge is 0.460 e. The van der Waals surface area contributed by atoms with Crippen LogP contribution in [0.25, 0.3) is 0 Å². The zero-order valence-electron chi connectivity index (χ0n) is 10.0. The van der Waals surface area contributed by atoms with Crippen molar-refractivity contribution in [2.45, 2.75) is 39.7 Å². The molecule has 0 aliphatic carbocycles. The van der Waals surface area contributed by atoms with E-state index in [-0.39, 0.29) is 12.4 Å². The number of carbonyl (C=O) groups is 1. The number of halogens is 1. The topological polar surface area (TPSA) is 39.2 Å². The molecule has 0 aliphatic heterocycles. The quantitative estimate of drug-likeness (QED) is 0.590. The van der Waals surface area contributed by atoms with Crippen LogP contribution in [0.2, 0.25) is 5.15 Å². The third-order valence-corrected chi connectivity index (χ3v) is 2.14. The summed E-state index contributed by atoms with van der Waals surface area (Å²) in [5.74, 6) is -0.290. The highest BCUT2D eigenvalue weighted by Gasteiger charge is 2.17. The van der Waals surface area contributed by atoms with Crippen LogP contribution < -0.4 is 0 Å². The van der Waals surface area contributed by atoms with Gasteiger partial charge in [-0.1, -0.05) is 17.7 Å². The molecule has 0 saturated heterocycles. The Morgan fingerprint density at radius 1 is 1.50 bits per heavy atom. The Bertz CT molecular complexity index is 396. The van der Waals surface area contributed by atoms with Gasteiger partial charge in [-0.25, -0.2) is 4.98 Å². The zero-order valence-corrected chi connectivity index (χ0v) is 10.8. The van der Waals surface area contributed by atoms with E-state index in [4.69, 9.17) is 16.3 Å². The van der Waals surface area contributed by atoms with Crippen LogP contribution in [0, 0.1) is 6.92 Å². The Labute approximate surface area is 101 Å². The summed E-state index contributed by atoms with van der Waals surface area (Å²) in [5, 5.41) is 0.358. The molecule has 0 aromatic carbocycles. The molecule has 0 amide bonds. The molecular weight excluding hydrogens is 226 g/mol. The van der Waals surface area contributed by atoms with E-state index >= 15 is 0 Å². The van der Waals surface area contributed by atoms with E-state index < -0.39 is 5.60 Å². The number of carbonyl (C=O) groups excluding carboxylic acids is 1. The van der Waals surface area contributed by atoms with Crippen molar-refractivity contribution in [2.24, 2.45) is 0 Å². The standard InChI is InChI=1S/C12H16ClNO2/c1-8-5-9(11(13)14-7-8)6-10(15)16-12(2,3)4/h5,7H,6H2,1-4H3. The summed E-state index contributed by atoms with van der Waals surface area (Å²) in [4.78, 5) is 15.6. The molecule has 0 atom stereocenters. The van der Waals surface area contributed by atoms with Gasteiger partial charge >= 0.3 is 5.97 Å². The van der Waals surface area contributed by atoms with Gasteiger partial charge in [0.05, 0.1) is 6.42 Å². The Balaban J connectivity index is 2.73. The van der Waals surface area contributed by atoms with Crippen LogP contribution in [0.1, 0.15) is 31.9 Å². The molecule has 1 aromatic heterocycles. The molecule has 0 spiro atoms.